The van der Waals surface area contributed by atoms with Crippen LogP contribution in [0, 0.1) is 0 Å². The number of rotatable bonds is 4. The van der Waals surface area contributed by atoms with Gasteiger partial charge in [-0.05, 0) is 29.9 Å². The van der Waals surface area contributed by atoms with E-state index in [2.05, 4.69) is 12.1 Å². The van der Waals surface area contributed by atoms with Crippen LogP contribution in [0.4, 0.5) is 0 Å². The van der Waals surface area contributed by atoms with Gasteiger partial charge in [-0.25, -0.2) is 0 Å². The molecule has 3 heteroatoms. The third kappa shape index (κ3) is 2.58. The lowest BCUT2D eigenvalue weighted by molar-refractivity contribution is -0.0707. The minimum atomic E-state index is -0.497. The van der Waals surface area contributed by atoms with Crippen molar-refractivity contribution < 1.29 is 14.6 Å². The van der Waals surface area contributed by atoms with Crippen LogP contribution >= 0.6 is 0 Å². The Hall–Kier alpha value is -0.900. The molecule has 1 aromatic rings. The Morgan fingerprint density at radius 1 is 1.11 bits per heavy atom. The van der Waals surface area contributed by atoms with Crippen molar-refractivity contribution in [2.24, 2.45) is 0 Å². The molecule has 98 valence electrons. The van der Waals surface area contributed by atoms with Gasteiger partial charge in [-0.3, -0.25) is 0 Å². The van der Waals surface area contributed by atoms with Crippen molar-refractivity contribution in [3.8, 4) is 0 Å². The summed E-state index contributed by atoms with van der Waals surface area (Å²) in [5.41, 5.74) is 2.36. The van der Waals surface area contributed by atoms with E-state index in [0.29, 0.717) is 19.6 Å². The first-order valence-electron chi connectivity index (χ1n) is 6.84. The van der Waals surface area contributed by atoms with E-state index in [-0.39, 0.29) is 6.29 Å². The maximum Gasteiger partial charge on any atom is 0.160 e. The Kier molecular flexibility index (Phi) is 3.64. The molecule has 3 nitrogen and oxygen atoms in total. The average molecular weight is 248 g/mol. The molecule has 1 aromatic carbocycles. The van der Waals surface area contributed by atoms with Crippen LogP contribution in [-0.4, -0.2) is 24.6 Å². The Morgan fingerprint density at radius 2 is 1.78 bits per heavy atom. The fourth-order valence-corrected chi connectivity index (χ4v) is 2.59. The summed E-state index contributed by atoms with van der Waals surface area (Å²) in [6.45, 7) is 1.27. The van der Waals surface area contributed by atoms with Crippen molar-refractivity contribution in [3.63, 3.8) is 0 Å². The van der Waals surface area contributed by atoms with Gasteiger partial charge in [-0.2, -0.15) is 0 Å². The van der Waals surface area contributed by atoms with E-state index in [1.54, 1.807) is 0 Å². The predicted octanol–water partition coefficient (Wildman–Crippen LogP) is 2.75. The number of benzene rings is 1. The van der Waals surface area contributed by atoms with Crippen LogP contribution < -0.4 is 0 Å². The Bertz CT molecular complexity index is 377. The molecule has 1 unspecified atom stereocenters. The van der Waals surface area contributed by atoms with E-state index in [1.807, 2.05) is 12.1 Å². The lowest BCUT2D eigenvalue weighted by Gasteiger charge is -2.26. The third-order valence-electron chi connectivity index (χ3n) is 4.00. The van der Waals surface area contributed by atoms with Crippen LogP contribution in [0.15, 0.2) is 24.3 Å². The van der Waals surface area contributed by atoms with Crippen LogP contribution in [0.2, 0.25) is 0 Å². The molecule has 1 aliphatic heterocycles. The van der Waals surface area contributed by atoms with Gasteiger partial charge in [0.25, 0.3) is 0 Å². The number of hydrogen-bond donors (Lipinski definition) is 1. The summed E-state index contributed by atoms with van der Waals surface area (Å²) in [4.78, 5) is 0. The van der Waals surface area contributed by atoms with E-state index < -0.39 is 6.10 Å². The summed E-state index contributed by atoms with van der Waals surface area (Å²) >= 11 is 0. The van der Waals surface area contributed by atoms with E-state index in [0.717, 1.165) is 11.5 Å². The van der Waals surface area contributed by atoms with Crippen molar-refractivity contribution in [2.45, 2.75) is 44.0 Å². The number of hydrogen-bond acceptors (Lipinski definition) is 3. The highest BCUT2D eigenvalue weighted by molar-refractivity contribution is 5.27. The van der Waals surface area contributed by atoms with Gasteiger partial charge < -0.3 is 14.6 Å². The minimum absolute atomic E-state index is 0.244. The van der Waals surface area contributed by atoms with Crippen molar-refractivity contribution in [1.82, 2.24) is 0 Å². The van der Waals surface area contributed by atoms with Gasteiger partial charge in [-0.15, -0.1) is 0 Å². The average Bonchev–Trinajstić information content (AvgIpc) is 2.80. The second-order valence-corrected chi connectivity index (χ2v) is 5.22. The molecule has 2 fully saturated rings. The minimum Gasteiger partial charge on any atom is -0.388 e. The molecule has 1 saturated carbocycles. The molecule has 0 bridgehead atoms. The molecule has 0 amide bonds. The van der Waals surface area contributed by atoms with Gasteiger partial charge in [0, 0.05) is 6.42 Å². The molecule has 1 N–H and O–H groups in total. The molecular weight excluding hydrogens is 228 g/mol. The van der Waals surface area contributed by atoms with E-state index in [9.17, 15) is 5.11 Å². The van der Waals surface area contributed by atoms with Crippen LogP contribution in [0.3, 0.4) is 0 Å². The zero-order valence-electron chi connectivity index (χ0n) is 10.5. The number of ether oxygens (including phenoxy) is 2. The van der Waals surface area contributed by atoms with Crippen LogP contribution in [-0.2, 0) is 9.47 Å². The summed E-state index contributed by atoms with van der Waals surface area (Å²) in [6, 6.07) is 8.37. The molecule has 2 aliphatic rings. The molecule has 1 atom stereocenters. The smallest absolute Gasteiger partial charge is 0.160 e. The molecule has 1 aliphatic carbocycles. The number of aliphatic hydroxyl groups is 1. The SMILES string of the molecule is OC(CC1OCCO1)c1ccc(C2CCC2)cc1. The highest BCUT2D eigenvalue weighted by Crippen LogP contribution is 2.36. The summed E-state index contributed by atoms with van der Waals surface area (Å²) in [6.07, 6.45) is 3.75. The Labute approximate surface area is 108 Å². The van der Waals surface area contributed by atoms with E-state index in [1.165, 1.54) is 24.8 Å². The summed E-state index contributed by atoms with van der Waals surface area (Å²) < 4.78 is 10.7. The molecule has 0 radical (unpaired) electrons. The summed E-state index contributed by atoms with van der Waals surface area (Å²) in [5, 5.41) is 10.1. The summed E-state index contributed by atoms with van der Waals surface area (Å²) in [7, 11) is 0. The maximum atomic E-state index is 10.1. The summed E-state index contributed by atoms with van der Waals surface area (Å²) in [5.74, 6) is 0.748. The van der Waals surface area contributed by atoms with Gasteiger partial charge in [0.1, 0.15) is 0 Å². The van der Waals surface area contributed by atoms with Gasteiger partial charge in [0.05, 0.1) is 19.3 Å². The van der Waals surface area contributed by atoms with E-state index >= 15 is 0 Å². The zero-order chi connectivity index (χ0) is 12.4. The highest BCUT2D eigenvalue weighted by Gasteiger charge is 2.22. The first-order valence-corrected chi connectivity index (χ1v) is 6.84. The lowest BCUT2D eigenvalue weighted by Crippen LogP contribution is -2.13. The van der Waals surface area contributed by atoms with E-state index in [4.69, 9.17) is 9.47 Å². The zero-order valence-corrected chi connectivity index (χ0v) is 10.5. The third-order valence-corrected chi connectivity index (χ3v) is 4.00. The molecular formula is C15H20O3. The molecule has 1 heterocycles. The monoisotopic (exact) mass is 248 g/mol. The normalized spacial score (nSPS) is 22.9. The van der Waals surface area contributed by atoms with Crippen molar-refractivity contribution in [2.75, 3.05) is 13.2 Å². The second-order valence-electron chi connectivity index (χ2n) is 5.22. The van der Waals surface area contributed by atoms with Crippen molar-refractivity contribution >= 4 is 0 Å². The molecule has 3 rings (SSSR count). The molecule has 0 spiro atoms. The number of aliphatic hydroxyl groups excluding tert-OH is 1. The second kappa shape index (κ2) is 5.39. The van der Waals surface area contributed by atoms with Crippen LogP contribution in [0.25, 0.3) is 0 Å². The van der Waals surface area contributed by atoms with Gasteiger partial charge in [0.2, 0.25) is 0 Å². The lowest BCUT2D eigenvalue weighted by atomic mass is 9.80. The molecule has 1 saturated heterocycles. The fraction of sp³-hybridized carbons (Fsp3) is 0.600. The molecule has 18 heavy (non-hydrogen) atoms. The maximum absolute atomic E-state index is 10.1. The Balaban J connectivity index is 1.60. The Morgan fingerprint density at radius 3 is 2.33 bits per heavy atom. The van der Waals surface area contributed by atoms with Crippen LogP contribution in [0.1, 0.15) is 48.8 Å². The van der Waals surface area contributed by atoms with Crippen molar-refractivity contribution in [1.29, 1.82) is 0 Å². The first kappa shape index (κ1) is 12.2. The first-order chi connectivity index (χ1) is 8.83. The largest absolute Gasteiger partial charge is 0.388 e. The topological polar surface area (TPSA) is 38.7 Å². The van der Waals surface area contributed by atoms with Crippen molar-refractivity contribution in [3.05, 3.63) is 35.4 Å². The molecule has 0 aromatic heterocycles. The highest BCUT2D eigenvalue weighted by atomic mass is 16.7. The van der Waals surface area contributed by atoms with Gasteiger partial charge >= 0.3 is 0 Å². The fourth-order valence-electron chi connectivity index (χ4n) is 2.59. The predicted molar refractivity (Wildman–Crippen MR) is 68.3 cm³/mol. The standard InChI is InChI=1S/C15H20O3/c16-14(10-15-17-8-9-18-15)13-6-4-12(5-7-13)11-2-1-3-11/h4-7,11,14-16H,1-3,8-10H2. The van der Waals surface area contributed by atoms with Gasteiger partial charge in [0.15, 0.2) is 6.29 Å². The van der Waals surface area contributed by atoms with Gasteiger partial charge in [-0.1, -0.05) is 30.7 Å². The van der Waals surface area contributed by atoms with Crippen LogP contribution in [0.5, 0.6) is 0 Å². The quantitative estimate of drug-likeness (QED) is 0.890.